The summed E-state index contributed by atoms with van der Waals surface area (Å²) in [5.41, 5.74) is 8.48. The highest BCUT2D eigenvalue weighted by Gasteiger charge is 2.25. The molecule has 0 bridgehead atoms. The molecule has 3 rings (SSSR count). The molecule has 20 heavy (non-hydrogen) atoms. The van der Waals surface area contributed by atoms with E-state index in [4.69, 9.17) is 10.7 Å². The molecule has 0 radical (unpaired) electrons. The summed E-state index contributed by atoms with van der Waals surface area (Å²) in [5.74, 6) is 1.16. The van der Waals surface area contributed by atoms with E-state index in [1.54, 1.807) is 0 Å². The zero-order valence-electron chi connectivity index (χ0n) is 12.4. The van der Waals surface area contributed by atoms with Crippen molar-refractivity contribution in [1.29, 1.82) is 0 Å². The van der Waals surface area contributed by atoms with Crippen LogP contribution in [0.1, 0.15) is 25.8 Å². The molecule has 1 aliphatic rings. The van der Waals surface area contributed by atoms with Gasteiger partial charge in [0.2, 0.25) is 0 Å². The van der Waals surface area contributed by atoms with Crippen molar-refractivity contribution in [2.45, 2.75) is 26.7 Å². The van der Waals surface area contributed by atoms with Gasteiger partial charge in [-0.25, -0.2) is 4.98 Å². The summed E-state index contributed by atoms with van der Waals surface area (Å²) in [7, 11) is 0. The van der Waals surface area contributed by atoms with Crippen molar-refractivity contribution in [2.75, 3.05) is 24.5 Å². The molecule has 3 nitrogen and oxygen atoms in total. The van der Waals surface area contributed by atoms with Crippen LogP contribution in [0, 0.1) is 5.41 Å². The average molecular weight is 269 g/mol. The fourth-order valence-electron chi connectivity index (χ4n) is 2.91. The van der Waals surface area contributed by atoms with Gasteiger partial charge in [-0.1, -0.05) is 32.0 Å². The fraction of sp³-hybridized carbons (Fsp3) is 0.471. The molecule has 1 aromatic carbocycles. The van der Waals surface area contributed by atoms with Gasteiger partial charge >= 0.3 is 0 Å². The van der Waals surface area contributed by atoms with E-state index in [0.717, 1.165) is 30.8 Å². The Kier molecular flexibility index (Phi) is 3.38. The maximum atomic E-state index is 5.89. The first-order chi connectivity index (χ1) is 9.59. The third-order valence-corrected chi connectivity index (χ3v) is 4.13. The lowest BCUT2D eigenvalue weighted by molar-refractivity contribution is 0.373. The predicted molar refractivity (Wildman–Crippen MR) is 85.1 cm³/mol. The molecular formula is C17H23N3. The van der Waals surface area contributed by atoms with Crippen LogP contribution in [-0.4, -0.2) is 24.6 Å². The zero-order chi connectivity index (χ0) is 14.2. The topological polar surface area (TPSA) is 42.1 Å². The van der Waals surface area contributed by atoms with Gasteiger partial charge in [-0.2, -0.15) is 0 Å². The van der Waals surface area contributed by atoms with Crippen LogP contribution >= 0.6 is 0 Å². The number of anilines is 1. The summed E-state index contributed by atoms with van der Waals surface area (Å²) in [6.07, 6.45) is 2.33. The van der Waals surface area contributed by atoms with Gasteiger partial charge in [0.15, 0.2) is 0 Å². The van der Waals surface area contributed by atoms with E-state index in [-0.39, 0.29) is 5.41 Å². The molecule has 2 heterocycles. The van der Waals surface area contributed by atoms with Crippen LogP contribution in [0.3, 0.4) is 0 Å². The third kappa shape index (κ3) is 2.50. The van der Waals surface area contributed by atoms with E-state index in [9.17, 15) is 0 Å². The zero-order valence-corrected chi connectivity index (χ0v) is 12.4. The standard InChI is InChI=1S/C17H23N3/c1-17(2,11-18)12-20-9-5-7-14-10-13-6-3-4-8-15(13)19-16(14)20/h3-4,6,8,10H,5,7,9,11-12,18H2,1-2H3. The smallest absolute Gasteiger partial charge is 0.132 e. The number of benzene rings is 1. The second-order valence-corrected chi connectivity index (χ2v) is 6.56. The molecule has 0 atom stereocenters. The van der Waals surface area contributed by atoms with Crippen LogP contribution in [0.4, 0.5) is 5.82 Å². The van der Waals surface area contributed by atoms with E-state index in [1.165, 1.54) is 17.4 Å². The maximum Gasteiger partial charge on any atom is 0.132 e. The Morgan fingerprint density at radius 1 is 1.30 bits per heavy atom. The summed E-state index contributed by atoms with van der Waals surface area (Å²) in [5, 5.41) is 1.24. The highest BCUT2D eigenvalue weighted by atomic mass is 15.2. The van der Waals surface area contributed by atoms with Crippen molar-refractivity contribution in [1.82, 2.24) is 4.98 Å². The number of hydrogen-bond acceptors (Lipinski definition) is 3. The Labute approximate surface area is 120 Å². The van der Waals surface area contributed by atoms with E-state index >= 15 is 0 Å². The molecule has 2 aromatic rings. The largest absolute Gasteiger partial charge is 0.356 e. The minimum Gasteiger partial charge on any atom is -0.356 e. The van der Waals surface area contributed by atoms with Crippen LogP contribution < -0.4 is 10.6 Å². The molecule has 0 aliphatic carbocycles. The number of aryl methyl sites for hydroxylation is 1. The summed E-state index contributed by atoms with van der Waals surface area (Å²) in [4.78, 5) is 7.32. The van der Waals surface area contributed by atoms with Crippen molar-refractivity contribution >= 4 is 16.7 Å². The molecule has 0 unspecified atom stereocenters. The maximum absolute atomic E-state index is 5.89. The molecule has 0 saturated carbocycles. The quantitative estimate of drug-likeness (QED) is 0.931. The van der Waals surface area contributed by atoms with Crippen molar-refractivity contribution in [3.8, 4) is 0 Å². The lowest BCUT2D eigenvalue weighted by Crippen LogP contribution is -2.41. The third-order valence-electron chi connectivity index (χ3n) is 4.13. The normalized spacial score (nSPS) is 15.4. The van der Waals surface area contributed by atoms with Gasteiger partial charge in [-0.05, 0) is 42.5 Å². The number of pyridine rings is 1. The fourth-order valence-corrected chi connectivity index (χ4v) is 2.91. The molecule has 1 aromatic heterocycles. The Bertz CT molecular complexity index is 619. The number of fused-ring (bicyclic) bond motifs is 2. The second kappa shape index (κ2) is 5.06. The van der Waals surface area contributed by atoms with E-state index in [2.05, 4.69) is 49.1 Å². The number of nitrogens with two attached hydrogens (primary N) is 1. The molecule has 0 saturated heterocycles. The SMILES string of the molecule is CC(C)(CN)CN1CCCc2cc3ccccc3nc21. The molecule has 3 heteroatoms. The van der Waals surface area contributed by atoms with Crippen LogP contribution in [0.15, 0.2) is 30.3 Å². The van der Waals surface area contributed by atoms with Gasteiger partial charge in [0, 0.05) is 18.5 Å². The number of nitrogens with zero attached hydrogens (tertiary/aromatic N) is 2. The Balaban J connectivity index is 2.01. The van der Waals surface area contributed by atoms with Gasteiger partial charge in [0.25, 0.3) is 0 Å². The number of aromatic nitrogens is 1. The minimum atomic E-state index is 0.127. The molecule has 1 aliphatic heterocycles. The van der Waals surface area contributed by atoms with Crippen LogP contribution in [0.2, 0.25) is 0 Å². The van der Waals surface area contributed by atoms with Crippen molar-refractivity contribution in [2.24, 2.45) is 11.1 Å². The Hall–Kier alpha value is -1.61. The highest BCUT2D eigenvalue weighted by molar-refractivity contribution is 5.82. The molecule has 2 N–H and O–H groups in total. The monoisotopic (exact) mass is 269 g/mol. The first kappa shape index (κ1) is 13.4. The molecular weight excluding hydrogens is 246 g/mol. The van der Waals surface area contributed by atoms with Crippen molar-refractivity contribution in [3.63, 3.8) is 0 Å². The van der Waals surface area contributed by atoms with Crippen LogP contribution in [0.5, 0.6) is 0 Å². The molecule has 0 amide bonds. The number of para-hydroxylation sites is 1. The van der Waals surface area contributed by atoms with Crippen molar-refractivity contribution in [3.05, 3.63) is 35.9 Å². The van der Waals surface area contributed by atoms with E-state index < -0.39 is 0 Å². The molecule has 106 valence electrons. The lowest BCUT2D eigenvalue weighted by atomic mass is 9.91. The minimum absolute atomic E-state index is 0.127. The first-order valence-electron chi connectivity index (χ1n) is 7.43. The van der Waals surface area contributed by atoms with Gasteiger partial charge in [0.05, 0.1) is 5.52 Å². The lowest BCUT2D eigenvalue weighted by Gasteiger charge is -2.36. The Morgan fingerprint density at radius 3 is 2.90 bits per heavy atom. The van der Waals surface area contributed by atoms with Crippen LogP contribution in [-0.2, 0) is 6.42 Å². The van der Waals surface area contributed by atoms with Crippen LogP contribution in [0.25, 0.3) is 10.9 Å². The van der Waals surface area contributed by atoms with Gasteiger partial charge in [0.1, 0.15) is 5.82 Å². The van der Waals surface area contributed by atoms with E-state index in [0.29, 0.717) is 6.54 Å². The summed E-state index contributed by atoms with van der Waals surface area (Å²) < 4.78 is 0. The molecule has 0 fully saturated rings. The van der Waals surface area contributed by atoms with E-state index in [1.807, 2.05) is 0 Å². The average Bonchev–Trinajstić information content (AvgIpc) is 2.45. The molecule has 0 spiro atoms. The Morgan fingerprint density at radius 2 is 2.10 bits per heavy atom. The van der Waals surface area contributed by atoms with Gasteiger partial charge in [-0.3, -0.25) is 0 Å². The van der Waals surface area contributed by atoms with Crippen molar-refractivity contribution < 1.29 is 0 Å². The summed E-state index contributed by atoms with van der Waals surface area (Å²) in [6, 6.07) is 10.7. The van der Waals surface area contributed by atoms with Gasteiger partial charge < -0.3 is 10.6 Å². The number of rotatable bonds is 3. The summed E-state index contributed by atoms with van der Waals surface area (Å²) >= 11 is 0. The van der Waals surface area contributed by atoms with Gasteiger partial charge in [-0.15, -0.1) is 0 Å². The predicted octanol–water partition coefficient (Wildman–Crippen LogP) is 2.97. The second-order valence-electron chi connectivity index (χ2n) is 6.56. The highest BCUT2D eigenvalue weighted by Crippen LogP contribution is 2.30. The first-order valence-corrected chi connectivity index (χ1v) is 7.43. The number of hydrogen-bond donors (Lipinski definition) is 1. The summed E-state index contributed by atoms with van der Waals surface area (Å²) in [6.45, 7) is 7.21.